The van der Waals surface area contributed by atoms with Crippen molar-refractivity contribution in [1.82, 2.24) is 9.97 Å². The third-order valence-corrected chi connectivity index (χ3v) is 4.58. The first-order valence-electron chi connectivity index (χ1n) is 7.06. The second kappa shape index (κ2) is 6.32. The molecule has 0 amide bonds. The Labute approximate surface area is 137 Å². The molecule has 0 atom stereocenters. The number of benzene rings is 1. The zero-order valence-corrected chi connectivity index (χ0v) is 14.1. The Hall–Kier alpha value is -1.13. The highest BCUT2D eigenvalue weighted by molar-refractivity contribution is 9.10. The van der Waals surface area contributed by atoms with E-state index in [4.69, 9.17) is 21.3 Å². The summed E-state index contributed by atoms with van der Waals surface area (Å²) in [5.74, 6) is 1.88. The van der Waals surface area contributed by atoms with Crippen LogP contribution in [0.4, 0.5) is 0 Å². The van der Waals surface area contributed by atoms with Crippen LogP contribution in [-0.4, -0.2) is 17.1 Å². The number of nitrogens with zero attached hydrogens (tertiary/aromatic N) is 2. The minimum absolute atomic E-state index is 0.490. The first-order chi connectivity index (χ1) is 10.2. The minimum atomic E-state index is 0.490. The van der Waals surface area contributed by atoms with Crippen LogP contribution in [0.5, 0.6) is 5.75 Å². The van der Waals surface area contributed by atoms with Gasteiger partial charge >= 0.3 is 0 Å². The molecule has 0 aliphatic heterocycles. The lowest BCUT2D eigenvalue weighted by atomic mass is 10.0. The molecule has 2 aromatic rings. The summed E-state index contributed by atoms with van der Waals surface area (Å²) in [6.07, 6.45) is 4.90. The molecule has 1 saturated carbocycles. The molecule has 1 aliphatic carbocycles. The van der Waals surface area contributed by atoms with Crippen LogP contribution >= 0.6 is 27.5 Å². The topological polar surface area (TPSA) is 35.0 Å². The predicted octanol–water partition coefficient (Wildman–Crippen LogP) is 5.23. The monoisotopic (exact) mass is 366 g/mol. The summed E-state index contributed by atoms with van der Waals surface area (Å²) in [4.78, 5) is 9.12. The first-order valence-corrected chi connectivity index (χ1v) is 8.23. The summed E-state index contributed by atoms with van der Waals surface area (Å²) in [6.45, 7) is 0. The smallest absolute Gasteiger partial charge is 0.164 e. The second-order valence-electron chi connectivity index (χ2n) is 5.27. The largest absolute Gasteiger partial charge is 0.496 e. The predicted molar refractivity (Wildman–Crippen MR) is 87.9 cm³/mol. The molecule has 3 rings (SSSR count). The maximum Gasteiger partial charge on any atom is 0.164 e. The van der Waals surface area contributed by atoms with Gasteiger partial charge in [0.15, 0.2) is 5.82 Å². The Bertz CT molecular complexity index is 657. The molecule has 5 heteroatoms. The second-order valence-corrected chi connectivity index (χ2v) is 6.57. The van der Waals surface area contributed by atoms with Gasteiger partial charge in [0, 0.05) is 16.1 Å². The molecule has 0 N–H and O–H groups in total. The number of hydrogen-bond acceptors (Lipinski definition) is 3. The van der Waals surface area contributed by atoms with Crippen LogP contribution in [0, 0.1) is 0 Å². The number of methoxy groups -OCH3 is 1. The Morgan fingerprint density at radius 2 is 1.95 bits per heavy atom. The van der Waals surface area contributed by atoms with Crippen molar-refractivity contribution in [3.63, 3.8) is 0 Å². The summed E-state index contributed by atoms with van der Waals surface area (Å²) in [5, 5.41) is 0.490. The fourth-order valence-corrected chi connectivity index (χ4v) is 3.39. The maximum absolute atomic E-state index is 6.21. The van der Waals surface area contributed by atoms with Crippen molar-refractivity contribution in [1.29, 1.82) is 0 Å². The van der Waals surface area contributed by atoms with Gasteiger partial charge in [-0.25, -0.2) is 9.97 Å². The molecule has 1 aromatic carbocycles. The van der Waals surface area contributed by atoms with E-state index in [9.17, 15) is 0 Å². The summed E-state index contributed by atoms with van der Waals surface area (Å²) in [6, 6.07) is 7.69. The average Bonchev–Trinajstić information content (AvgIpc) is 3.01. The van der Waals surface area contributed by atoms with Gasteiger partial charge in [0.05, 0.1) is 12.7 Å². The van der Waals surface area contributed by atoms with Crippen LogP contribution < -0.4 is 4.74 Å². The molecule has 1 aliphatic rings. The van der Waals surface area contributed by atoms with Crippen molar-refractivity contribution in [2.75, 3.05) is 7.11 Å². The summed E-state index contributed by atoms with van der Waals surface area (Å²) in [5.41, 5.74) is 1.90. The number of aromatic nitrogens is 2. The van der Waals surface area contributed by atoms with E-state index in [1.165, 1.54) is 25.7 Å². The highest BCUT2D eigenvalue weighted by Crippen LogP contribution is 2.36. The van der Waals surface area contributed by atoms with Crippen LogP contribution in [0.2, 0.25) is 5.15 Å². The fourth-order valence-electron chi connectivity index (χ4n) is 2.84. The minimum Gasteiger partial charge on any atom is -0.496 e. The van der Waals surface area contributed by atoms with Crippen molar-refractivity contribution in [3.8, 4) is 17.1 Å². The van der Waals surface area contributed by atoms with Crippen molar-refractivity contribution in [2.45, 2.75) is 31.6 Å². The van der Waals surface area contributed by atoms with Gasteiger partial charge in [0.25, 0.3) is 0 Å². The van der Waals surface area contributed by atoms with Gasteiger partial charge in [0.1, 0.15) is 10.9 Å². The van der Waals surface area contributed by atoms with E-state index in [-0.39, 0.29) is 0 Å². The molecule has 1 fully saturated rings. The van der Waals surface area contributed by atoms with E-state index in [0.29, 0.717) is 16.9 Å². The van der Waals surface area contributed by atoms with Crippen molar-refractivity contribution in [3.05, 3.63) is 39.6 Å². The Balaban J connectivity index is 2.07. The van der Waals surface area contributed by atoms with Gasteiger partial charge in [-0.05, 0) is 37.1 Å². The van der Waals surface area contributed by atoms with Gasteiger partial charge in [-0.2, -0.15) is 0 Å². The van der Waals surface area contributed by atoms with Crippen molar-refractivity contribution < 1.29 is 4.74 Å². The SMILES string of the molecule is COc1ccc(Br)cc1-c1nc(Cl)cc(C2CCCC2)n1. The van der Waals surface area contributed by atoms with Gasteiger partial charge in [-0.1, -0.05) is 40.4 Å². The molecule has 0 radical (unpaired) electrons. The average molecular weight is 368 g/mol. The van der Waals surface area contributed by atoms with Gasteiger partial charge < -0.3 is 4.74 Å². The molecule has 21 heavy (non-hydrogen) atoms. The zero-order chi connectivity index (χ0) is 14.8. The molecule has 110 valence electrons. The van der Waals surface area contributed by atoms with Crippen molar-refractivity contribution in [2.24, 2.45) is 0 Å². The molecule has 0 saturated heterocycles. The standard InChI is InChI=1S/C16H16BrClN2O/c1-21-14-7-6-11(17)8-12(14)16-19-13(9-15(18)20-16)10-4-2-3-5-10/h6-10H,2-5H2,1H3. The van der Waals surface area contributed by atoms with Crippen LogP contribution in [0.15, 0.2) is 28.7 Å². The van der Waals surface area contributed by atoms with Gasteiger partial charge in [-0.3, -0.25) is 0 Å². The summed E-state index contributed by atoms with van der Waals surface area (Å²) < 4.78 is 6.38. The lowest BCUT2D eigenvalue weighted by Crippen LogP contribution is -2.01. The van der Waals surface area contributed by atoms with E-state index in [2.05, 4.69) is 20.9 Å². The highest BCUT2D eigenvalue weighted by atomic mass is 79.9. The Kier molecular flexibility index (Phi) is 4.45. The maximum atomic E-state index is 6.21. The molecule has 0 bridgehead atoms. The van der Waals surface area contributed by atoms with E-state index in [0.717, 1.165) is 21.5 Å². The molecular weight excluding hydrogens is 352 g/mol. The molecule has 3 nitrogen and oxygen atoms in total. The summed E-state index contributed by atoms with van der Waals surface area (Å²) >= 11 is 9.69. The van der Waals surface area contributed by atoms with E-state index in [1.54, 1.807) is 7.11 Å². The normalized spacial score (nSPS) is 15.4. The fraction of sp³-hybridized carbons (Fsp3) is 0.375. The number of ether oxygens (including phenoxy) is 1. The third-order valence-electron chi connectivity index (χ3n) is 3.89. The van der Waals surface area contributed by atoms with Crippen LogP contribution in [0.3, 0.4) is 0 Å². The number of rotatable bonds is 3. The molecular formula is C16H16BrClN2O. The number of hydrogen-bond donors (Lipinski definition) is 0. The Morgan fingerprint density at radius 3 is 2.67 bits per heavy atom. The van der Waals surface area contributed by atoms with E-state index in [1.807, 2.05) is 24.3 Å². The van der Waals surface area contributed by atoms with Gasteiger partial charge in [-0.15, -0.1) is 0 Å². The molecule has 0 spiro atoms. The van der Waals surface area contributed by atoms with Gasteiger partial charge in [0.2, 0.25) is 0 Å². The van der Waals surface area contributed by atoms with E-state index >= 15 is 0 Å². The third kappa shape index (κ3) is 3.22. The lowest BCUT2D eigenvalue weighted by Gasteiger charge is -2.12. The number of halogens is 2. The molecule has 1 aromatic heterocycles. The zero-order valence-electron chi connectivity index (χ0n) is 11.8. The lowest BCUT2D eigenvalue weighted by molar-refractivity contribution is 0.416. The van der Waals surface area contributed by atoms with Crippen LogP contribution in [-0.2, 0) is 0 Å². The highest BCUT2D eigenvalue weighted by Gasteiger charge is 2.21. The van der Waals surface area contributed by atoms with E-state index < -0.39 is 0 Å². The van der Waals surface area contributed by atoms with Crippen molar-refractivity contribution >= 4 is 27.5 Å². The van der Waals surface area contributed by atoms with Crippen LogP contribution in [0.25, 0.3) is 11.4 Å². The first kappa shape index (κ1) is 14.8. The summed E-state index contributed by atoms with van der Waals surface area (Å²) in [7, 11) is 1.65. The molecule has 1 heterocycles. The van der Waals surface area contributed by atoms with Crippen LogP contribution in [0.1, 0.15) is 37.3 Å². The Morgan fingerprint density at radius 1 is 1.19 bits per heavy atom. The molecule has 0 unspecified atom stereocenters. The quantitative estimate of drug-likeness (QED) is 0.697.